The second-order valence-electron chi connectivity index (χ2n) is 8.77. The Morgan fingerprint density at radius 1 is 0.974 bits per heavy atom. The Hall–Kier alpha value is -4.31. The number of carbonyl (C=O) groups excluding carboxylic acids is 3. The van der Waals surface area contributed by atoms with E-state index in [-0.39, 0.29) is 19.0 Å². The third-order valence-corrected chi connectivity index (χ3v) is 7.18. The number of ether oxygens (including phenoxy) is 2. The summed E-state index contributed by atoms with van der Waals surface area (Å²) in [6.07, 6.45) is 0. The van der Waals surface area contributed by atoms with Crippen molar-refractivity contribution in [2.24, 2.45) is 0 Å². The maximum absolute atomic E-state index is 13.4. The van der Waals surface area contributed by atoms with Crippen LogP contribution in [0.3, 0.4) is 0 Å². The minimum absolute atomic E-state index is 0.172. The summed E-state index contributed by atoms with van der Waals surface area (Å²) >= 11 is 1.05. The van der Waals surface area contributed by atoms with Crippen molar-refractivity contribution in [3.05, 3.63) is 99.6 Å². The van der Waals surface area contributed by atoms with Crippen molar-refractivity contribution < 1.29 is 28.2 Å². The van der Waals surface area contributed by atoms with Gasteiger partial charge in [0, 0.05) is 17.1 Å². The van der Waals surface area contributed by atoms with Crippen molar-refractivity contribution in [3.8, 4) is 5.69 Å². The monoisotopic (exact) mass is 549 g/mol. The van der Waals surface area contributed by atoms with Crippen LogP contribution in [0, 0.1) is 26.6 Å². The zero-order chi connectivity index (χ0) is 28.1. The SMILES string of the molecule is CCOC(=O)c1sc(N(Cc2ccccc2)C(=O)COC(=O)c2cc(C)n(-c3ccc(F)cc3)c2C)nc1C. The lowest BCUT2D eigenvalue weighted by Crippen LogP contribution is -2.34. The van der Waals surface area contributed by atoms with Crippen LogP contribution >= 0.6 is 11.3 Å². The molecule has 2 aromatic carbocycles. The van der Waals surface area contributed by atoms with Gasteiger partial charge in [0.05, 0.1) is 24.4 Å². The van der Waals surface area contributed by atoms with E-state index >= 15 is 0 Å². The van der Waals surface area contributed by atoms with Crippen LogP contribution in [0.5, 0.6) is 0 Å². The Morgan fingerprint density at radius 2 is 1.67 bits per heavy atom. The Morgan fingerprint density at radius 3 is 2.33 bits per heavy atom. The summed E-state index contributed by atoms with van der Waals surface area (Å²) in [7, 11) is 0. The van der Waals surface area contributed by atoms with E-state index in [1.807, 2.05) is 41.8 Å². The fraction of sp³-hybridized carbons (Fsp3) is 0.241. The summed E-state index contributed by atoms with van der Waals surface area (Å²) < 4.78 is 25.8. The quantitative estimate of drug-likeness (QED) is 0.254. The van der Waals surface area contributed by atoms with E-state index < -0.39 is 24.5 Å². The van der Waals surface area contributed by atoms with Gasteiger partial charge in [-0.1, -0.05) is 41.7 Å². The maximum atomic E-state index is 13.4. The number of amides is 1. The lowest BCUT2D eigenvalue weighted by atomic mass is 10.2. The second kappa shape index (κ2) is 12.0. The molecule has 0 aliphatic heterocycles. The highest BCUT2D eigenvalue weighted by atomic mass is 32.1. The number of halogens is 1. The molecule has 0 fully saturated rings. The molecule has 0 atom stereocenters. The van der Waals surface area contributed by atoms with Gasteiger partial charge in [0.25, 0.3) is 5.91 Å². The molecule has 202 valence electrons. The molecule has 0 N–H and O–H groups in total. The number of esters is 2. The summed E-state index contributed by atoms with van der Waals surface area (Å²) in [5.41, 5.74) is 3.65. The number of thiazole rings is 1. The van der Waals surface area contributed by atoms with Crippen LogP contribution in [0.4, 0.5) is 9.52 Å². The maximum Gasteiger partial charge on any atom is 0.350 e. The topological polar surface area (TPSA) is 90.7 Å². The van der Waals surface area contributed by atoms with Gasteiger partial charge in [0.2, 0.25) is 0 Å². The molecule has 39 heavy (non-hydrogen) atoms. The lowest BCUT2D eigenvalue weighted by molar-refractivity contribution is -0.121. The number of aromatic nitrogens is 2. The number of nitrogens with zero attached hydrogens (tertiary/aromatic N) is 3. The summed E-state index contributed by atoms with van der Waals surface area (Å²) in [6, 6.07) is 16.9. The summed E-state index contributed by atoms with van der Waals surface area (Å²) in [5, 5.41) is 0.301. The first-order valence-corrected chi connectivity index (χ1v) is 13.1. The molecule has 0 bridgehead atoms. The Labute approximate surface area is 229 Å². The number of rotatable bonds is 9. The molecule has 0 spiro atoms. The first-order chi connectivity index (χ1) is 18.7. The minimum Gasteiger partial charge on any atom is -0.462 e. The predicted octanol–water partition coefficient (Wildman–Crippen LogP) is 5.57. The number of hydrogen-bond donors (Lipinski definition) is 0. The van der Waals surface area contributed by atoms with Gasteiger partial charge in [0.15, 0.2) is 11.7 Å². The van der Waals surface area contributed by atoms with E-state index in [0.29, 0.717) is 32.6 Å². The molecule has 0 aliphatic rings. The highest BCUT2D eigenvalue weighted by molar-refractivity contribution is 7.17. The molecular formula is C29H28FN3O5S. The average molecular weight is 550 g/mol. The third kappa shape index (κ3) is 6.23. The van der Waals surface area contributed by atoms with Crippen molar-refractivity contribution in [1.82, 2.24) is 9.55 Å². The summed E-state index contributed by atoms with van der Waals surface area (Å²) in [6.45, 7) is 6.83. The number of benzene rings is 2. The molecular weight excluding hydrogens is 521 g/mol. The van der Waals surface area contributed by atoms with E-state index in [1.165, 1.54) is 17.0 Å². The van der Waals surface area contributed by atoms with E-state index in [4.69, 9.17) is 9.47 Å². The smallest absolute Gasteiger partial charge is 0.350 e. The van der Waals surface area contributed by atoms with Crippen molar-refractivity contribution in [2.75, 3.05) is 18.1 Å². The zero-order valence-corrected chi connectivity index (χ0v) is 22.9. The molecule has 0 unspecified atom stereocenters. The van der Waals surface area contributed by atoms with Crippen molar-refractivity contribution >= 4 is 34.3 Å². The normalized spacial score (nSPS) is 10.8. The number of aryl methyl sites for hydroxylation is 2. The molecule has 0 aliphatic carbocycles. The highest BCUT2D eigenvalue weighted by Gasteiger charge is 2.26. The van der Waals surface area contributed by atoms with E-state index in [1.54, 1.807) is 39.0 Å². The van der Waals surface area contributed by atoms with Crippen molar-refractivity contribution in [1.29, 1.82) is 0 Å². The molecule has 4 rings (SSSR count). The Kier molecular flexibility index (Phi) is 8.55. The van der Waals surface area contributed by atoms with Gasteiger partial charge >= 0.3 is 11.9 Å². The van der Waals surface area contributed by atoms with Crippen LogP contribution in [0.1, 0.15) is 49.6 Å². The van der Waals surface area contributed by atoms with Crippen LogP contribution in [0.25, 0.3) is 5.69 Å². The van der Waals surface area contributed by atoms with Gasteiger partial charge in [-0.15, -0.1) is 0 Å². The average Bonchev–Trinajstić information content (AvgIpc) is 3.45. The second-order valence-corrected chi connectivity index (χ2v) is 9.75. The summed E-state index contributed by atoms with van der Waals surface area (Å²) in [5.74, 6) is -2.02. The van der Waals surface area contributed by atoms with Gasteiger partial charge in [-0.2, -0.15) is 0 Å². The Balaban J connectivity index is 1.55. The van der Waals surface area contributed by atoms with Crippen molar-refractivity contribution in [2.45, 2.75) is 34.2 Å². The molecule has 0 saturated carbocycles. The van der Waals surface area contributed by atoms with Gasteiger partial charge in [0.1, 0.15) is 10.7 Å². The lowest BCUT2D eigenvalue weighted by Gasteiger charge is -2.20. The van der Waals surface area contributed by atoms with Gasteiger partial charge in [-0.25, -0.2) is 19.0 Å². The number of hydrogen-bond acceptors (Lipinski definition) is 7. The Bertz CT molecular complexity index is 1500. The first-order valence-electron chi connectivity index (χ1n) is 12.3. The molecule has 2 aromatic heterocycles. The first kappa shape index (κ1) is 27.7. The molecule has 2 heterocycles. The third-order valence-electron chi connectivity index (χ3n) is 6.02. The molecule has 1 amide bonds. The van der Waals surface area contributed by atoms with Gasteiger partial charge in [-0.3, -0.25) is 9.69 Å². The van der Waals surface area contributed by atoms with E-state index in [0.717, 1.165) is 22.6 Å². The molecule has 0 saturated heterocycles. The summed E-state index contributed by atoms with van der Waals surface area (Å²) in [4.78, 5) is 44.9. The van der Waals surface area contributed by atoms with E-state index in [9.17, 15) is 18.8 Å². The zero-order valence-electron chi connectivity index (χ0n) is 22.1. The predicted molar refractivity (Wildman–Crippen MR) is 146 cm³/mol. The van der Waals surface area contributed by atoms with Crippen LogP contribution in [0.2, 0.25) is 0 Å². The van der Waals surface area contributed by atoms with Crippen LogP contribution in [-0.2, 0) is 20.8 Å². The van der Waals surface area contributed by atoms with Gasteiger partial charge in [-0.05, 0) is 63.6 Å². The van der Waals surface area contributed by atoms with Crippen LogP contribution in [0.15, 0.2) is 60.7 Å². The van der Waals surface area contributed by atoms with Crippen LogP contribution in [-0.4, -0.2) is 40.6 Å². The van der Waals surface area contributed by atoms with Crippen LogP contribution < -0.4 is 4.90 Å². The minimum atomic E-state index is -0.660. The molecule has 8 nitrogen and oxygen atoms in total. The van der Waals surface area contributed by atoms with Crippen molar-refractivity contribution in [3.63, 3.8) is 0 Å². The van der Waals surface area contributed by atoms with E-state index in [2.05, 4.69) is 4.98 Å². The fourth-order valence-corrected chi connectivity index (χ4v) is 5.13. The molecule has 0 radical (unpaired) electrons. The molecule has 10 heteroatoms. The largest absolute Gasteiger partial charge is 0.462 e. The molecule has 4 aromatic rings. The standard InChI is InChI=1S/C29H28FN3O5S/c1-5-37-28(36)26-19(3)31-29(39-26)32(16-21-9-7-6-8-10-21)25(34)17-38-27(35)24-15-18(2)33(20(24)4)23-13-11-22(30)12-14-23/h6-15H,5,16-17H2,1-4H3. The number of anilines is 1. The number of carbonyl (C=O) groups is 3. The van der Waals surface area contributed by atoms with Gasteiger partial charge < -0.3 is 14.0 Å². The highest BCUT2D eigenvalue weighted by Crippen LogP contribution is 2.29. The fourth-order valence-electron chi connectivity index (χ4n) is 4.15.